The molecule has 0 aliphatic carbocycles. The standard InChI is InChI=1S/C20H23F3N2O6/c1-30-19-18(29)17(28)16(27)14(31-19)8-24-13-5-3-2-4-11(13)9-25-10-12(20(21,22)23)6-7-15(25)26/h2-7,10,14,16-19,24,27-29H,8-9H2,1H3/t14-,16-,17+,18-,19+/m1/s1. The second kappa shape index (κ2) is 9.37. The molecule has 0 amide bonds. The summed E-state index contributed by atoms with van der Waals surface area (Å²) in [6, 6.07) is 8.26. The SMILES string of the molecule is CO[C@H]1O[C@H](CNc2ccccc2Cn2cc(C(F)(F)F)ccc2=O)[C@@H](O)[C@H](O)[C@H]1O. The molecule has 170 valence electrons. The maximum Gasteiger partial charge on any atom is 0.417 e. The Bertz CT molecular complexity index is 949. The number of aliphatic hydroxyl groups is 3. The topological polar surface area (TPSA) is 113 Å². The number of nitrogens with zero attached hydrogens (tertiary/aromatic N) is 1. The van der Waals surface area contributed by atoms with Crippen molar-refractivity contribution in [2.75, 3.05) is 19.0 Å². The van der Waals surface area contributed by atoms with Gasteiger partial charge in [-0.3, -0.25) is 4.79 Å². The summed E-state index contributed by atoms with van der Waals surface area (Å²) in [4.78, 5) is 12.1. The van der Waals surface area contributed by atoms with Gasteiger partial charge in [-0.15, -0.1) is 0 Å². The first-order valence-corrected chi connectivity index (χ1v) is 9.43. The number of para-hydroxylation sites is 1. The number of pyridine rings is 1. The molecule has 0 unspecified atom stereocenters. The molecule has 2 aromatic rings. The van der Waals surface area contributed by atoms with Crippen molar-refractivity contribution in [1.82, 2.24) is 4.57 Å². The van der Waals surface area contributed by atoms with E-state index >= 15 is 0 Å². The van der Waals surface area contributed by atoms with E-state index in [0.717, 1.165) is 22.9 Å². The number of benzene rings is 1. The molecule has 1 aliphatic rings. The number of halogens is 3. The molecule has 8 nitrogen and oxygen atoms in total. The molecule has 0 radical (unpaired) electrons. The molecule has 1 aromatic carbocycles. The van der Waals surface area contributed by atoms with E-state index in [9.17, 15) is 33.3 Å². The van der Waals surface area contributed by atoms with Crippen LogP contribution in [0.15, 0.2) is 47.4 Å². The van der Waals surface area contributed by atoms with Crippen LogP contribution in [0.5, 0.6) is 0 Å². The minimum absolute atomic E-state index is 0.000685. The van der Waals surface area contributed by atoms with Crippen molar-refractivity contribution >= 4 is 5.69 Å². The van der Waals surface area contributed by atoms with E-state index < -0.39 is 48.0 Å². The Balaban J connectivity index is 1.77. The molecule has 1 aliphatic heterocycles. The van der Waals surface area contributed by atoms with Gasteiger partial charge >= 0.3 is 6.18 Å². The molecule has 0 bridgehead atoms. The van der Waals surface area contributed by atoms with Gasteiger partial charge in [-0.1, -0.05) is 18.2 Å². The quantitative estimate of drug-likeness (QED) is 0.521. The van der Waals surface area contributed by atoms with E-state index in [0.29, 0.717) is 11.3 Å². The van der Waals surface area contributed by atoms with E-state index in [1.165, 1.54) is 7.11 Å². The summed E-state index contributed by atoms with van der Waals surface area (Å²) in [5.74, 6) is 0. The fourth-order valence-corrected chi connectivity index (χ4v) is 3.33. The van der Waals surface area contributed by atoms with Crippen molar-refractivity contribution < 1.29 is 38.0 Å². The predicted molar refractivity (Wildman–Crippen MR) is 103 cm³/mol. The normalized spacial score (nSPS) is 26.6. The molecule has 11 heteroatoms. The first-order chi connectivity index (χ1) is 14.6. The molecule has 1 saturated heterocycles. The Kier molecular flexibility index (Phi) is 7.02. The van der Waals surface area contributed by atoms with Gasteiger partial charge in [0.25, 0.3) is 5.56 Å². The van der Waals surface area contributed by atoms with Gasteiger partial charge in [0.05, 0.1) is 12.1 Å². The molecule has 1 fully saturated rings. The summed E-state index contributed by atoms with van der Waals surface area (Å²) in [5, 5.41) is 33.0. The lowest BCUT2D eigenvalue weighted by atomic mass is 9.98. The van der Waals surface area contributed by atoms with Crippen LogP contribution >= 0.6 is 0 Å². The van der Waals surface area contributed by atoms with Crippen LogP contribution in [0.2, 0.25) is 0 Å². The van der Waals surface area contributed by atoms with Crippen LogP contribution in [0.25, 0.3) is 0 Å². The van der Waals surface area contributed by atoms with Gasteiger partial charge < -0.3 is 34.7 Å². The number of nitrogens with one attached hydrogen (secondary N) is 1. The monoisotopic (exact) mass is 444 g/mol. The Morgan fingerprint density at radius 2 is 1.81 bits per heavy atom. The lowest BCUT2D eigenvalue weighted by Gasteiger charge is -2.40. The molecular formula is C20H23F3N2O6. The highest BCUT2D eigenvalue weighted by atomic mass is 19.4. The molecule has 31 heavy (non-hydrogen) atoms. The highest BCUT2D eigenvalue weighted by Crippen LogP contribution is 2.28. The lowest BCUT2D eigenvalue weighted by molar-refractivity contribution is -0.286. The number of rotatable bonds is 6. The number of alkyl halides is 3. The van der Waals surface area contributed by atoms with Crippen LogP contribution in [-0.2, 0) is 22.2 Å². The lowest BCUT2D eigenvalue weighted by Crippen LogP contribution is -2.59. The van der Waals surface area contributed by atoms with Gasteiger partial charge in [-0.2, -0.15) is 13.2 Å². The Morgan fingerprint density at radius 1 is 1.10 bits per heavy atom. The minimum Gasteiger partial charge on any atom is -0.388 e. The van der Waals surface area contributed by atoms with Crippen LogP contribution in [0.3, 0.4) is 0 Å². The average molecular weight is 444 g/mol. The smallest absolute Gasteiger partial charge is 0.388 e. The third-order valence-electron chi connectivity index (χ3n) is 5.06. The number of ether oxygens (including phenoxy) is 2. The van der Waals surface area contributed by atoms with Crippen LogP contribution in [0.1, 0.15) is 11.1 Å². The first kappa shape index (κ1) is 23.2. The van der Waals surface area contributed by atoms with Crippen molar-refractivity contribution in [3.63, 3.8) is 0 Å². The van der Waals surface area contributed by atoms with Crippen LogP contribution in [-0.4, -0.2) is 64.2 Å². The van der Waals surface area contributed by atoms with Crippen LogP contribution < -0.4 is 10.9 Å². The highest BCUT2D eigenvalue weighted by Gasteiger charge is 2.43. The highest BCUT2D eigenvalue weighted by molar-refractivity contribution is 5.51. The van der Waals surface area contributed by atoms with Crippen LogP contribution in [0, 0.1) is 0 Å². The molecule has 5 atom stereocenters. The zero-order chi connectivity index (χ0) is 22.8. The zero-order valence-electron chi connectivity index (χ0n) is 16.5. The van der Waals surface area contributed by atoms with Crippen molar-refractivity contribution in [3.8, 4) is 0 Å². The fraction of sp³-hybridized carbons (Fsp3) is 0.450. The van der Waals surface area contributed by atoms with Crippen LogP contribution in [0.4, 0.5) is 18.9 Å². The molecular weight excluding hydrogens is 421 g/mol. The number of aliphatic hydroxyl groups excluding tert-OH is 3. The van der Waals surface area contributed by atoms with Gasteiger partial charge in [0.15, 0.2) is 6.29 Å². The second-order valence-electron chi connectivity index (χ2n) is 7.17. The number of aromatic nitrogens is 1. The summed E-state index contributed by atoms with van der Waals surface area (Å²) in [6.45, 7) is -0.124. The molecule has 4 N–H and O–H groups in total. The third-order valence-corrected chi connectivity index (χ3v) is 5.06. The summed E-state index contributed by atoms with van der Waals surface area (Å²) in [7, 11) is 1.28. The van der Waals surface area contributed by atoms with Crippen molar-refractivity contribution in [1.29, 1.82) is 0 Å². The fourth-order valence-electron chi connectivity index (χ4n) is 3.33. The largest absolute Gasteiger partial charge is 0.417 e. The Labute approximate surface area is 175 Å². The number of hydrogen-bond donors (Lipinski definition) is 4. The predicted octanol–water partition coefficient (Wildman–Crippen LogP) is 0.781. The second-order valence-corrected chi connectivity index (χ2v) is 7.17. The molecule has 1 aromatic heterocycles. The molecule has 2 heterocycles. The Hall–Kier alpha value is -2.44. The van der Waals surface area contributed by atoms with E-state index in [1.54, 1.807) is 24.3 Å². The van der Waals surface area contributed by atoms with Crippen molar-refractivity contribution in [2.24, 2.45) is 0 Å². The van der Waals surface area contributed by atoms with Gasteiger partial charge in [-0.25, -0.2) is 0 Å². The third kappa shape index (κ3) is 5.25. The summed E-state index contributed by atoms with van der Waals surface area (Å²) in [6.07, 6.45) is -10.2. The zero-order valence-corrected chi connectivity index (χ0v) is 16.5. The van der Waals surface area contributed by atoms with Gasteiger partial charge in [0, 0.05) is 31.6 Å². The minimum atomic E-state index is -4.58. The van der Waals surface area contributed by atoms with Gasteiger partial charge in [-0.05, 0) is 17.7 Å². The molecule has 3 rings (SSSR count). The van der Waals surface area contributed by atoms with Crippen molar-refractivity contribution in [2.45, 2.75) is 43.4 Å². The van der Waals surface area contributed by atoms with Gasteiger partial charge in [0.2, 0.25) is 0 Å². The van der Waals surface area contributed by atoms with E-state index in [1.807, 2.05) is 0 Å². The van der Waals surface area contributed by atoms with E-state index in [-0.39, 0.29) is 13.1 Å². The number of anilines is 1. The summed E-state index contributed by atoms with van der Waals surface area (Å²) >= 11 is 0. The van der Waals surface area contributed by atoms with E-state index in [2.05, 4.69) is 5.32 Å². The molecule has 0 saturated carbocycles. The summed E-state index contributed by atoms with van der Waals surface area (Å²) in [5.41, 5.74) is -0.501. The average Bonchev–Trinajstić information content (AvgIpc) is 2.73. The maximum absolute atomic E-state index is 13.0. The molecule has 0 spiro atoms. The van der Waals surface area contributed by atoms with E-state index in [4.69, 9.17) is 9.47 Å². The van der Waals surface area contributed by atoms with Gasteiger partial charge in [0.1, 0.15) is 24.4 Å². The maximum atomic E-state index is 13.0. The Morgan fingerprint density at radius 3 is 2.48 bits per heavy atom. The summed E-state index contributed by atoms with van der Waals surface area (Å²) < 4.78 is 50.3. The first-order valence-electron chi connectivity index (χ1n) is 9.43. The van der Waals surface area contributed by atoms with Crippen molar-refractivity contribution in [3.05, 3.63) is 64.1 Å². The number of methoxy groups -OCH3 is 1. The number of hydrogen-bond acceptors (Lipinski definition) is 7.